The summed E-state index contributed by atoms with van der Waals surface area (Å²) < 4.78 is 0. The second kappa shape index (κ2) is 6.25. The normalized spacial score (nSPS) is 17.6. The molecular weight excluding hydrogens is 244 g/mol. The van der Waals surface area contributed by atoms with Crippen LogP contribution in [0.5, 0.6) is 0 Å². The Labute approximate surface area is 113 Å². The molecule has 1 atom stereocenters. The molecule has 1 unspecified atom stereocenters. The number of hydrogen-bond acceptors (Lipinski definition) is 3. The summed E-state index contributed by atoms with van der Waals surface area (Å²) in [4.78, 5) is 15.4. The molecule has 1 aliphatic heterocycles. The molecule has 1 aromatic carbocycles. The highest BCUT2D eigenvalue weighted by Gasteiger charge is 2.22. The predicted molar refractivity (Wildman–Crippen MR) is 75.9 cm³/mol. The van der Waals surface area contributed by atoms with Crippen LogP contribution >= 0.6 is 11.8 Å². The minimum atomic E-state index is -0.00851. The van der Waals surface area contributed by atoms with E-state index in [-0.39, 0.29) is 11.2 Å². The van der Waals surface area contributed by atoms with Crippen molar-refractivity contribution in [3.05, 3.63) is 29.8 Å². The van der Waals surface area contributed by atoms with Gasteiger partial charge in [-0.05, 0) is 26.0 Å². The molecule has 0 spiro atoms. The fraction of sp³-hybridized carbons (Fsp3) is 0.500. The zero-order valence-electron chi connectivity index (χ0n) is 11.0. The monoisotopic (exact) mass is 264 g/mol. The zero-order chi connectivity index (χ0) is 13.0. The Morgan fingerprint density at radius 3 is 2.50 bits per heavy atom. The number of benzene rings is 1. The van der Waals surface area contributed by atoms with Gasteiger partial charge in [0.05, 0.1) is 5.25 Å². The first kappa shape index (κ1) is 13.4. The summed E-state index contributed by atoms with van der Waals surface area (Å²) in [6.45, 7) is 7.55. The number of carbonyl (C=O) groups excluding carboxylic acids is 1. The molecule has 0 radical (unpaired) electrons. The SMILES string of the molecule is Cc1ccc(SC(C)C(=O)N2CCNCC2)cc1. The third-order valence-corrected chi connectivity index (χ3v) is 4.21. The highest BCUT2D eigenvalue weighted by Crippen LogP contribution is 2.24. The number of nitrogens with one attached hydrogen (secondary N) is 1. The minimum absolute atomic E-state index is 0.00851. The minimum Gasteiger partial charge on any atom is -0.339 e. The van der Waals surface area contributed by atoms with Crippen LogP contribution in [0.1, 0.15) is 12.5 Å². The molecule has 1 heterocycles. The molecule has 1 saturated heterocycles. The van der Waals surface area contributed by atoms with E-state index in [9.17, 15) is 4.79 Å². The van der Waals surface area contributed by atoms with Crippen molar-refractivity contribution in [3.8, 4) is 0 Å². The maximum Gasteiger partial charge on any atom is 0.235 e. The van der Waals surface area contributed by atoms with Crippen molar-refractivity contribution in [2.75, 3.05) is 26.2 Å². The Hall–Kier alpha value is -1.00. The number of aryl methyl sites for hydroxylation is 1. The molecule has 0 saturated carbocycles. The van der Waals surface area contributed by atoms with Gasteiger partial charge in [0.15, 0.2) is 0 Å². The summed E-state index contributed by atoms with van der Waals surface area (Å²) in [6.07, 6.45) is 0. The van der Waals surface area contributed by atoms with E-state index in [0.717, 1.165) is 31.1 Å². The number of amides is 1. The first-order valence-corrected chi connectivity index (χ1v) is 7.27. The van der Waals surface area contributed by atoms with Crippen LogP contribution < -0.4 is 5.32 Å². The Morgan fingerprint density at radius 2 is 1.89 bits per heavy atom. The molecule has 3 nitrogen and oxygen atoms in total. The molecule has 1 N–H and O–H groups in total. The van der Waals surface area contributed by atoms with Crippen LogP contribution in [0.15, 0.2) is 29.2 Å². The fourth-order valence-electron chi connectivity index (χ4n) is 2.01. The lowest BCUT2D eigenvalue weighted by Gasteiger charge is -2.29. The number of rotatable bonds is 3. The number of carbonyl (C=O) groups is 1. The van der Waals surface area contributed by atoms with Crippen LogP contribution in [0, 0.1) is 6.92 Å². The van der Waals surface area contributed by atoms with Crippen molar-refractivity contribution < 1.29 is 4.79 Å². The van der Waals surface area contributed by atoms with E-state index in [1.165, 1.54) is 5.56 Å². The lowest BCUT2D eigenvalue weighted by molar-refractivity contribution is -0.130. The van der Waals surface area contributed by atoms with E-state index < -0.39 is 0 Å². The highest BCUT2D eigenvalue weighted by molar-refractivity contribution is 8.00. The Balaban J connectivity index is 1.92. The molecule has 4 heteroatoms. The van der Waals surface area contributed by atoms with Gasteiger partial charge in [0.25, 0.3) is 0 Å². The lowest BCUT2D eigenvalue weighted by Crippen LogP contribution is -2.48. The average Bonchev–Trinajstić information content (AvgIpc) is 2.41. The summed E-state index contributed by atoms with van der Waals surface area (Å²) >= 11 is 1.64. The highest BCUT2D eigenvalue weighted by atomic mass is 32.2. The third kappa shape index (κ3) is 3.50. The van der Waals surface area contributed by atoms with Gasteiger partial charge in [-0.2, -0.15) is 0 Å². The van der Waals surface area contributed by atoms with E-state index in [4.69, 9.17) is 0 Å². The molecule has 2 rings (SSSR count). The molecular formula is C14H20N2OS. The maximum atomic E-state index is 12.2. The van der Waals surface area contributed by atoms with Crippen molar-refractivity contribution in [1.82, 2.24) is 10.2 Å². The third-order valence-electron chi connectivity index (χ3n) is 3.11. The van der Waals surface area contributed by atoms with Crippen LogP contribution in [0.3, 0.4) is 0 Å². The van der Waals surface area contributed by atoms with Gasteiger partial charge in [-0.3, -0.25) is 4.79 Å². The molecule has 98 valence electrons. The average molecular weight is 264 g/mol. The van der Waals surface area contributed by atoms with Crippen molar-refractivity contribution in [2.45, 2.75) is 24.0 Å². The zero-order valence-corrected chi connectivity index (χ0v) is 11.8. The van der Waals surface area contributed by atoms with Crippen LogP contribution in [-0.4, -0.2) is 42.2 Å². The van der Waals surface area contributed by atoms with E-state index in [1.54, 1.807) is 11.8 Å². The molecule has 18 heavy (non-hydrogen) atoms. The van der Waals surface area contributed by atoms with Crippen LogP contribution in [0.25, 0.3) is 0 Å². The van der Waals surface area contributed by atoms with Crippen molar-refractivity contribution in [1.29, 1.82) is 0 Å². The molecule has 1 aromatic rings. The van der Waals surface area contributed by atoms with Crippen LogP contribution in [0.2, 0.25) is 0 Å². The smallest absolute Gasteiger partial charge is 0.235 e. The molecule has 0 aromatic heterocycles. The molecule has 1 aliphatic rings. The summed E-state index contributed by atoms with van der Waals surface area (Å²) in [7, 11) is 0. The van der Waals surface area contributed by atoms with Gasteiger partial charge in [-0.15, -0.1) is 11.8 Å². The van der Waals surface area contributed by atoms with Gasteiger partial charge >= 0.3 is 0 Å². The van der Waals surface area contributed by atoms with Crippen LogP contribution in [-0.2, 0) is 4.79 Å². The van der Waals surface area contributed by atoms with Gasteiger partial charge in [-0.1, -0.05) is 17.7 Å². The molecule has 1 fully saturated rings. The first-order chi connectivity index (χ1) is 8.66. The van der Waals surface area contributed by atoms with Gasteiger partial charge in [0, 0.05) is 31.1 Å². The Kier molecular flexibility index (Phi) is 4.66. The second-order valence-corrected chi connectivity index (χ2v) is 6.06. The molecule has 0 bridgehead atoms. The van der Waals surface area contributed by atoms with E-state index >= 15 is 0 Å². The van der Waals surface area contributed by atoms with Crippen molar-refractivity contribution >= 4 is 17.7 Å². The maximum absolute atomic E-state index is 12.2. The summed E-state index contributed by atoms with van der Waals surface area (Å²) in [5, 5.41) is 3.26. The van der Waals surface area contributed by atoms with Gasteiger partial charge < -0.3 is 10.2 Å². The quantitative estimate of drug-likeness (QED) is 0.846. The number of hydrogen-bond donors (Lipinski definition) is 1. The lowest BCUT2D eigenvalue weighted by atomic mass is 10.2. The number of piperazine rings is 1. The number of thioether (sulfide) groups is 1. The van der Waals surface area contributed by atoms with E-state index in [1.807, 2.05) is 11.8 Å². The second-order valence-electron chi connectivity index (χ2n) is 4.65. The standard InChI is InChI=1S/C14H20N2OS/c1-11-3-5-13(6-4-11)18-12(2)14(17)16-9-7-15-8-10-16/h3-6,12,15H,7-10H2,1-2H3. The van der Waals surface area contributed by atoms with Gasteiger partial charge in [-0.25, -0.2) is 0 Å². The largest absolute Gasteiger partial charge is 0.339 e. The molecule has 0 aliphatic carbocycles. The summed E-state index contributed by atoms with van der Waals surface area (Å²) in [5.41, 5.74) is 1.25. The van der Waals surface area contributed by atoms with Crippen molar-refractivity contribution in [3.63, 3.8) is 0 Å². The van der Waals surface area contributed by atoms with Gasteiger partial charge in [0.1, 0.15) is 0 Å². The molecule has 1 amide bonds. The Morgan fingerprint density at radius 1 is 1.28 bits per heavy atom. The van der Waals surface area contributed by atoms with Gasteiger partial charge in [0.2, 0.25) is 5.91 Å². The number of nitrogens with zero attached hydrogens (tertiary/aromatic N) is 1. The first-order valence-electron chi connectivity index (χ1n) is 6.39. The van der Waals surface area contributed by atoms with Crippen LogP contribution in [0.4, 0.5) is 0 Å². The fourth-order valence-corrected chi connectivity index (χ4v) is 2.97. The summed E-state index contributed by atoms with van der Waals surface area (Å²) in [6, 6.07) is 8.35. The van der Waals surface area contributed by atoms with Crippen molar-refractivity contribution in [2.24, 2.45) is 0 Å². The topological polar surface area (TPSA) is 32.3 Å². The van der Waals surface area contributed by atoms with E-state index in [2.05, 4.69) is 36.5 Å². The predicted octanol–water partition coefficient (Wildman–Crippen LogP) is 1.91. The summed E-state index contributed by atoms with van der Waals surface area (Å²) in [5.74, 6) is 0.252. The van der Waals surface area contributed by atoms with E-state index in [0.29, 0.717) is 0 Å². The Bertz CT molecular complexity index is 399.